The van der Waals surface area contributed by atoms with E-state index in [1.165, 1.54) is 18.2 Å². The highest BCUT2D eigenvalue weighted by atomic mass is 35.5. The quantitative estimate of drug-likeness (QED) is 0.437. The maximum atomic E-state index is 14.5. The normalized spacial score (nSPS) is 16.7. The molecular formula is C24H24ClF2N3O4. The van der Waals surface area contributed by atoms with Gasteiger partial charge < -0.3 is 5.32 Å². The summed E-state index contributed by atoms with van der Waals surface area (Å²) in [4.78, 5) is 49.3. The molecule has 1 saturated heterocycles. The molecule has 1 aliphatic rings. The molecule has 1 atom stereocenters. The van der Waals surface area contributed by atoms with E-state index in [0.29, 0.717) is 35.8 Å². The molecule has 10 heteroatoms. The Morgan fingerprint density at radius 1 is 1.24 bits per heavy atom. The Bertz CT molecular complexity index is 1090. The Labute approximate surface area is 200 Å². The molecule has 1 aliphatic heterocycles. The lowest BCUT2D eigenvalue weighted by atomic mass is 10.0. The van der Waals surface area contributed by atoms with Gasteiger partial charge in [-0.1, -0.05) is 41.9 Å². The van der Waals surface area contributed by atoms with Crippen LogP contribution in [0.4, 0.5) is 8.78 Å². The second-order valence-corrected chi connectivity index (χ2v) is 8.59. The van der Waals surface area contributed by atoms with Gasteiger partial charge in [-0.3, -0.25) is 29.4 Å². The summed E-state index contributed by atoms with van der Waals surface area (Å²) in [5, 5.41) is 4.85. The van der Waals surface area contributed by atoms with Crippen LogP contribution in [-0.2, 0) is 33.4 Å². The Morgan fingerprint density at radius 2 is 1.94 bits per heavy atom. The molecule has 180 valence electrons. The van der Waals surface area contributed by atoms with Gasteiger partial charge in [-0.25, -0.2) is 0 Å². The van der Waals surface area contributed by atoms with Crippen LogP contribution in [0.25, 0.3) is 0 Å². The van der Waals surface area contributed by atoms with Gasteiger partial charge >= 0.3 is 5.92 Å². The van der Waals surface area contributed by atoms with Crippen molar-refractivity contribution in [2.45, 2.75) is 44.3 Å². The lowest BCUT2D eigenvalue weighted by Gasteiger charge is -2.26. The van der Waals surface area contributed by atoms with Gasteiger partial charge in [-0.05, 0) is 43.1 Å². The van der Waals surface area contributed by atoms with Crippen LogP contribution >= 0.6 is 11.6 Å². The fourth-order valence-electron chi connectivity index (χ4n) is 3.77. The standard InChI is InChI=1S/C24H24ClF2N3O4/c1-30(20-3-2-4-21(32)29-22(20)33)13-17-11-15(5-6-16(17)14-31)12-28-23(34)24(26,27)18-7-9-19(25)10-8-18/h5-11,14,20H,2-4,12-13H2,1H3,(H,28,34)(H,29,32,33). The Kier molecular flexibility index (Phi) is 8.11. The average molecular weight is 492 g/mol. The fraction of sp³-hybridized carbons (Fsp3) is 0.333. The van der Waals surface area contributed by atoms with Crippen LogP contribution in [0, 0.1) is 0 Å². The van der Waals surface area contributed by atoms with Crippen LogP contribution in [0.3, 0.4) is 0 Å². The largest absolute Gasteiger partial charge is 0.349 e. The number of halogens is 3. The summed E-state index contributed by atoms with van der Waals surface area (Å²) in [6.07, 6.45) is 1.98. The van der Waals surface area contributed by atoms with E-state index in [9.17, 15) is 28.0 Å². The number of carbonyl (C=O) groups excluding carboxylic acids is 4. The van der Waals surface area contributed by atoms with Crippen LogP contribution in [-0.4, -0.2) is 42.0 Å². The molecule has 1 unspecified atom stereocenters. The van der Waals surface area contributed by atoms with Gasteiger partial charge in [-0.15, -0.1) is 0 Å². The molecule has 1 heterocycles. The average Bonchev–Trinajstić information content (AvgIpc) is 2.97. The first-order valence-electron chi connectivity index (χ1n) is 10.6. The van der Waals surface area contributed by atoms with Crippen molar-refractivity contribution in [3.63, 3.8) is 0 Å². The van der Waals surface area contributed by atoms with Crippen LogP contribution < -0.4 is 10.6 Å². The van der Waals surface area contributed by atoms with Crippen molar-refractivity contribution < 1.29 is 28.0 Å². The number of alkyl halides is 2. The van der Waals surface area contributed by atoms with Crippen molar-refractivity contribution in [2.75, 3.05) is 7.05 Å². The minimum absolute atomic E-state index is 0.184. The molecule has 0 saturated carbocycles. The highest BCUT2D eigenvalue weighted by Crippen LogP contribution is 2.29. The number of rotatable bonds is 8. The zero-order chi connectivity index (χ0) is 24.9. The molecule has 0 aliphatic carbocycles. The van der Waals surface area contributed by atoms with Crippen molar-refractivity contribution in [2.24, 2.45) is 0 Å². The number of aldehydes is 1. The smallest absolute Gasteiger partial charge is 0.346 e. The van der Waals surface area contributed by atoms with Crippen molar-refractivity contribution in [3.8, 4) is 0 Å². The summed E-state index contributed by atoms with van der Waals surface area (Å²) in [5.74, 6) is -5.93. The number of benzene rings is 2. The van der Waals surface area contributed by atoms with Crippen molar-refractivity contribution in [3.05, 3.63) is 69.7 Å². The van der Waals surface area contributed by atoms with Crippen LogP contribution in [0.2, 0.25) is 5.02 Å². The third-order valence-corrected chi connectivity index (χ3v) is 5.93. The Hall–Kier alpha value is -3.17. The molecule has 34 heavy (non-hydrogen) atoms. The molecule has 7 nitrogen and oxygen atoms in total. The molecule has 2 aromatic rings. The maximum Gasteiger partial charge on any atom is 0.349 e. The molecule has 0 radical (unpaired) electrons. The molecule has 2 aromatic carbocycles. The molecule has 3 rings (SSSR count). The van der Waals surface area contributed by atoms with Gasteiger partial charge in [0.1, 0.15) is 6.29 Å². The van der Waals surface area contributed by atoms with Crippen molar-refractivity contribution >= 4 is 35.6 Å². The summed E-state index contributed by atoms with van der Waals surface area (Å²) >= 11 is 5.72. The lowest BCUT2D eigenvalue weighted by molar-refractivity contribution is -0.147. The third-order valence-electron chi connectivity index (χ3n) is 5.68. The van der Waals surface area contributed by atoms with Crippen LogP contribution in [0.15, 0.2) is 42.5 Å². The molecular weight excluding hydrogens is 468 g/mol. The number of amides is 3. The molecule has 2 N–H and O–H groups in total. The number of hydrogen-bond acceptors (Lipinski definition) is 5. The van der Waals surface area contributed by atoms with E-state index < -0.39 is 29.3 Å². The number of nitrogens with one attached hydrogen (secondary N) is 2. The zero-order valence-electron chi connectivity index (χ0n) is 18.4. The number of nitrogens with zero attached hydrogens (tertiary/aromatic N) is 1. The van der Waals surface area contributed by atoms with Gasteiger partial charge in [0.15, 0.2) is 0 Å². The summed E-state index contributed by atoms with van der Waals surface area (Å²) < 4.78 is 29.0. The predicted octanol–water partition coefficient (Wildman–Crippen LogP) is 3.19. The van der Waals surface area contributed by atoms with Crippen molar-refractivity contribution in [1.29, 1.82) is 0 Å². The van der Waals surface area contributed by atoms with E-state index in [1.54, 1.807) is 24.1 Å². The maximum absolute atomic E-state index is 14.5. The first-order chi connectivity index (χ1) is 16.1. The van der Waals surface area contributed by atoms with Crippen molar-refractivity contribution in [1.82, 2.24) is 15.5 Å². The molecule has 1 fully saturated rings. The minimum atomic E-state index is -3.75. The van der Waals surface area contributed by atoms with E-state index in [4.69, 9.17) is 11.6 Å². The van der Waals surface area contributed by atoms with Gasteiger partial charge in [-0.2, -0.15) is 8.78 Å². The zero-order valence-corrected chi connectivity index (χ0v) is 19.2. The third kappa shape index (κ3) is 6.03. The predicted molar refractivity (Wildman–Crippen MR) is 121 cm³/mol. The Balaban J connectivity index is 1.70. The molecule has 3 amide bonds. The second-order valence-electron chi connectivity index (χ2n) is 8.15. The van der Waals surface area contributed by atoms with Crippen LogP contribution in [0.1, 0.15) is 46.3 Å². The minimum Gasteiger partial charge on any atom is -0.346 e. The first-order valence-corrected chi connectivity index (χ1v) is 11.0. The lowest BCUT2D eigenvalue weighted by Crippen LogP contribution is -2.44. The second kappa shape index (κ2) is 10.8. The summed E-state index contributed by atoms with van der Waals surface area (Å²) in [6, 6.07) is 8.91. The number of hydrogen-bond donors (Lipinski definition) is 2. The molecule has 0 bridgehead atoms. The van der Waals surface area contributed by atoms with E-state index in [2.05, 4.69) is 10.6 Å². The summed E-state index contributed by atoms with van der Waals surface area (Å²) in [7, 11) is 1.70. The van der Waals surface area contributed by atoms with E-state index in [-0.39, 0.29) is 30.4 Å². The number of carbonyl (C=O) groups is 4. The summed E-state index contributed by atoms with van der Waals surface area (Å²) in [5.41, 5.74) is 0.971. The SMILES string of the molecule is CN(Cc1cc(CNC(=O)C(F)(F)c2ccc(Cl)cc2)ccc1C=O)C1CCCC(=O)NC1=O. The van der Waals surface area contributed by atoms with E-state index >= 15 is 0 Å². The van der Waals surface area contributed by atoms with Gasteiger partial charge in [0.25, 0.3) is 5.91 Å². The van der Waals surface area contributed by atoms with E-state index in [1.807, 2.05) is 0 Å². The highest BCUT2D eigenvalue weighted by Gasteiger charge is 2.40. The fourth-order valence-corrected chi connectivity index (χ4v) is 3.90. The molecule has 0 aromatic heterocycles. The first kappa shape index (κ1) is 25.5. The van der Waals surface area contributed by atoms with Gasteiger partial charge in [0.05, 0.1) is 6.04 Å². The molecule has 0 spiro atoms. The Morgan fingerprint density at radius 3 is 2.62 bits per heavy atom. The van der Waals surface area contributed by atoms with E-state index in [0.717, 1.165) is 12.1 Å². The van der Waals surface area contributed by atoms with Crippen LogP contribution in [0.5, 0.6) is 0 Å². The highest BCUT2D eigenvalue weighted by molar-refractivity contribution is 6.30. The van der Waals surface area contributed by atoms with Gasteiger partial charge in [0.2, 0.25) is 11.8 Å². The summed E-state index contributed by atoms with van der Waals surface area (Å²) in [6.45, 7) is 0.0271. The van der Waals surface area contributed by atoms with Gasteiger partial charge in [0, 0.05) is 35.7 Å². The monoisotopic (exact) mass is 491 g/mol. The number of imide groups is 1. The topological polar surface area (TPSA) is 95.6 Å². The number of likely N-dealkylation sites (N-methyl/N-ethyl adjacent to an activating group) is 1.